The molecule has 2 aromatic rings. The van der Waals surface area contributed by atoms with E-state index in [4.69, 9.17) is 26.6 Å². The molecule has 0 aromatic heterocycles. The molecule has 2 rings (SSSR count). The molecule has 0 saturated carbocycles. The van der Waals surface area contributed by atoms with Crippen LogP contribution in [-0.4, -0.2) is 60.3 Å². The number of benzene rings is 2. The lowest BCUT2D eigenvalue weighted by atomic mass is 10.1. The summed E-state index contributed by atoms with van der Waals surface area (Å²) >= 11 is 0. The Labute approximate surface area is 202 Å². The number of hydrogen-bond acceptors (Lipinski definition) is 8. The van der Waals surface area contributed by atoms with Crippen LogP contribution in [-0.2, 0) is 26.6 Å². The first-order chi connectivity index (χ1) is 15.2. The quantitative estimate of drug-likeness (QED) is 0.331. The summed E-state index contributed by atoms with van der Waals surface area (Å²) in [6.07, 6.45) is 0. The molecule has 0 bridgehead atoms. The molecule has 32 heavy (non-hydrogen) atoms. The molecule has 10 heteroatoms. The lowest BCUT2D eigenvalue weighted by Gasteiger charge is -2.28. The maximum Gasteiger partial charge on any atom is 0.536 e. The van der Waals surface area contributed by atoms with E-state index in [9.17, 15) is 0 Å². The lowest BCUT2D eigenvalue weighted by Crippen LogP contribution is -2.55. The first-order valence-electron chi connectivity index (χ1n) is 10.1. The third-order valence-corrected chi connectivity index (χ3v) is 14.2. The van der Waals surface area contributed by atoms with Crippen molar-refractivity contribution in [3.63, 3.8) is 0 Å². The molecule has 2 aromatic carbocycles. The van der Waals surface area contributed by atoms with Crippen molar-refractivity contribution in [1.82, 2.24) is 0 Å². The van der Waals surface area contributed by atoms with Gasteiger partial charge in [0.15, 0.2) is 0 Å². The van der Waals surface area contributed by atoms with Gasteiger partial charge >= 0.3 is 17.6 Å². The molecule has 0 radical (unpaired) electrons. The summed E-state index contributed by atoms with van der Waals surface area (Å²) in [6, 6.07) is 8.29. The number of aryl methyl sites for hydroxylation is 2. The predicted octanol–water partition coefficient (Wildman–Crippen LogP) is 3.89. The second kappa shape index (κ2) is 11.6. The van der Waals surface area contributed by atoms with E-state index in [1.807, 2.05) is 0 Å². The van der Waals surface area contributed by atoms with E-state index < -0.39 is 17.6 Å². The molecule has 6 nitrogen and oxygen atoms in total. The van der Waals surface area contributed by atoms with Gasteiger partial charge < -0.3 is 26.6 Å². The fourth-order valence-corrected chi connectivity index (χ4v) is 11.1. The third-order valence-electron chi connectivity index (χ3n) is 5.69. The van der Waals surface area contributed by atoms with Crippen molar-refractivity contribution in [2.75, 3.05) is 42.7 Å². The molecule has 178 valence electrons. The van der Waals surface area contributed by atoms with Gasteiger partial charge in [-0.15, -0.1) is 0 Å². The smallest absolute Gasteiger partial charge is 0.373 e. The van der Waals surface area contributed by atoms with Crippen LogP contribution < -0.4 is 10.4 Å². The molecular weight excluding hydrogens is 481 g/mol. The van der Waals surface area contributed by atoms with E-state index in [0.717, 1.165) is 21.5 Å². The largest absolute Gasteiger partial charge is 0.536 e. The zero-order valence-electron chi connectivity index (χ0n) is 20.6. The van der Waals surface area contributed by atoms with E-state index >= 15 is 0 Å². The molecule has 0 spiro atoms. The Hall–Kier alpha value is -0.666. The minimum atomic E-state index is -2.94. The van der Waals surface area contributed by atoms with Gasteiger partial charge in [-0.2, -0.15) is 0 Å². The van der Waals surface area contributed by atoms with Crippen molar-refractivity contribution in [1.29, 1.82) is 0 Å². The first kappa shape index (κ1) is 27.6. The van der Waals surface area contributed by atoms with E-state index in [1.165, 1.54) is 20.9 Å². The highest BCUT2D eigenvalue weighted by molar-refractivity contribution is 8.76. The van der Waals surface area contributed by atoms with Crippen LogP contribution in [0.2, 0.25) is 0 Å². The second-order valence-corrected chi connectivity index (χ2v) is 15.2. The van der Waals surface area contributed by atoms with Crippen LogP contribution in [0, 0.1) is 27.7 Å². The van der Waals surface area contributed by atoms with Crippen LogP contribution in [0.3, 0.4) is 0 Å². The fraction of sp³-hybridized carbons (Fsp3) is 0.455. The Morgan fingerprint density at radius 3 is 1.03 bits per heavy atom. The average Bonchev–Trinajstić information content (AvgIpc) is 2.80. The molecule has 0 aliphatic heterocycles. The average molecular weight is 515 g/mol. The Balaban J connectivity index is 2.50. The number of hydrogen-bond donors (Lipinski definition) is 0. The van der Waals surface area contributed by atoms with Crippen LogP contribution in [0.4, 0.5) is 0 Å². The minimum Gasteiger partial charge on any atom is -0.373 e. The van der Waals surface area contributed by atoms with Gasteiger partial charge in [0.2, 0.25) is 0 Å². The van der Waals surface area contributed by atoms with E-state index in [2.05, 4.69) is 52.0 Å². The molecule has 0 saturated heterocycles. The molecule has 0 atom stereocenters. The Bertz CT molecular complexity index is 841. The Kier molecular flexibility index (Phi) is 10.0. The van der Waals surface area contributed by atoms with Gasteiger partial charge in [0, 0.05) is 62.8 Å². The van der Waals surface area contributed by atoms with Crippen LogP contribution in [0.1, 0.15) is 22.3 Å². The first-order valence-corrected chi connectivity index (χ1v) is 15.7. The maximum atomic E-state index is 5.73. The van der Waals surface area contributed by atoms with Gasteiger partial charge in [0.1, 0.15) is 0 Å². The summed E-state index contributed by atoms with van der Waals surface area (Å²) in [5, 5.41) is 1.95. The molecule has 0 heterocycles. The summed E-state index contributed by atoms with van der Waals surface area (Å²) in [5.74, 6) is 0. The van der Waals surface area contributed by atoms with Crippen molar-refractivity contribution in [2.24, 2.45) is 0 Å². The van der Waals surface area contributed by atoms with Crippen LogP contribution in [0.15, 0.2) is 34.1 Å². The molecule has 0 aliphatic carbocycles. The van der Waals surface area contributed by atoms with E-state index in [0.29, 0.717) is 0 Å². The normalized spacial score (nSPS) is 12.4. The number of rotatable bonds is 11. The van der Waals surface area contributed by atoms with Gasteiger partial charge in [0.05, 0.1) is 0 Å². The molecule has 0 amide bonds. The summed E-state index contributed by atoms with van der Waals surface area (Å²) in [7, 11) is 7.38. The third kappa shape index (κ3) is 5.04. The lowest BCUT2D eigenvalue weighted by molar-refractivity contribution is 0.139. The summed E-state index contributed by atoms with van der Waals surface area (Å²) in [6.45, 7) is 8.42. The molecule has 0 fully saturated rings. The van der Waals surface area contributed by atoms with Crippen molar-refractivity contribution >= 4 is 49.6 Å². The zero-order chi connectivity index (χ0) is 24.1. The minimum absolute atomic E-state index is 0.977. The van der Waals surface area contributed by atoms with Crippen LogP contribution >= 0.6 is 21.6 Å². The maximum absolute atomic E-state index is 5.73. The van der Waals surface area contributed by atoms with Crippen molar-refractivity contribution in [2.45, 2.75) is 37.5 Å². The standard InChI is InChI=1S/C22H34O6S2Si2/c1-15-11-13-19(31(23-5,24-6)25-7)17(3)21(15)29-30-22-16(2)12-14-20(18(22)4)32(26-8,27-9)28-10/h11-14H,1-10H3. The second-order valence-electron chi connectivity index (χ2n) is 7.27. The molecule has 0 aliphatic rings. The highest BCUT2D eigenvalue weighted by Crippen LogP contribution is 2.43. The van der Waals surface area contributed by atoms with Gasteiger partial charge in [-0.05, 0) is 49.9 Å². The topological polar surface area (TPSA) is 55.4 Å². The monoisotopic (exact) mass is 514 g/mol. The van der Waals surface area contributed by atoms with Gasteiger partial charge in [-0.1, -0.05) is 45.9 Å². The molecular formula is C22H34O6S2Si2. The van der Waals surface area contributed by atoms with Crippen LogP contribution in [0.25, 0.3) is 0 Å². The predicted molar refractivity (Wildman–Crippen MR) is 136 cm³/mol. The SMILES string of the molecule is CO[Si](OC)(OC)c1ccc(C)c(SSc2c(C)ccc([Si](OC)(OC)OC)c2C)c1C. The van der Waals surface area contributed by atoms with Crippen molar-refractivity contribution in [3.05, 3.63) is 46.5 Å². The molecule has 0 unspecified atom stereocenters. The molecule has 0 N–H and O–H groups in total. The van der Waals surface area contributed by atoms with Gasteiger partial charge in [0.25, 0.3) is 0 Å². The van der Waals surface area contributed by atoms with Crippen molar-refractivity contribution in [3.8, 4) is 0 Å². The zero-order valence-corrected chi connectivity index (χ0v) is 24.2. The highest BCUT2D eigenvalue weighted by Gasteiger charge is 2.44. The highest BCUT2D eigenvalue weighted by atomic mass is 33.1. The summed E-state index contributed by atoms with van der Waals surface area (Å²) in [4.78, 5) is 2.35. The van der Waals surface area contributed by atoms with Gasteiger partial charge in [-0.25, -0.2) is 0 Å². The Morgan fingerprint density at radius 1 is 0.500 bits per heavy atom. The summed E-state index contributed by atoms with van der Waals surface area (Å²) in [5.41, 5.74) is 4.60. The fourth-order valence-electron chi connectivity index (χ4n) is 3.82. The van der Waals surface area contributed by atoms with Crippen molar-refractivity contribution < 1.29 is 26.6 Å². The van der Waals surface area contributed by atoms with Crippen LogP contribution in [0.5, 0.6) is 0 Å². The van der Waals surface area contributed by atoms with E-state index in [1.54, 1.807) is 64.2 Å². The summed E-state index contributed by atoms with van der Waals surface area (Å²) < 4.78 is 34.4. The Morgan fingerprint density at radius 2 is 0.781 bits per heavy atom. The van der Waals surface area contributed by atoms with E-state index in [-0.39, 0.29) is 0 Å². The van der Waals surface area contributed by atoms with Gasteiger partial charge in [-0.3, -0.25) is 0 Å².